The molecule has 2 aromatic rings. The van der Waals surface area contributed by atoms with Gasteiger partial charge in [0.05, 0.1) is 0 Å². The van der Waals surface area contributed by atoms with E-state index in [1.807, 2.05) is 62.4 Å². The Morgan fingerprint density at radius 3 is 2.39 bits per heavy atom. The zero-order valence-electron chi connectivity index (χ0n) is 16.4. The predicted octanol–water partition coefficient (Wildman–Crippen LogP) is 4.77. The summed E-state index contributed by atoms with van der Waals surface area (Å²) in [5.74, 6) is 0.496. The minimum atomic E-state index is -0.509. The van der Waals surface area contributed by atoms with Crippen LogP contribution in [0.4, 0.5) is 0 Å². The Morgan fingerprint density at radius 2 is 1.75 bits per heavy atom. The van der Waals surface area contributed by atoms with Crippen molar-refractivity contribution in [3.63, 3.8) is 0 Å². The van der Waals surface area contributed by atoms with Crippen LogP contribution in [0.25, 0.3) is 0 Å². The van der Waals surface area contributed by atoms with Gasteiger partial charge < -0.3 is 10.2 Å². The summed E-state index contributed by atoms with van der Waals surface area (Å²) < 4.78 is 0. The first kappa shape index (κ1) is 22.3. The molecule has 2 rings (SSSR count). The van der Waals surface area contributed by atoms with Gasteiger partial charge in [-0.25, -0.2) is 0 Å². The van der Waals surface area contributed by atoms with Gasteiger partial charge >= 0.3 is 0 Å². The van der Waals surface area contributed by atoms with E-state index in [9.17, 15) is 9.59 Å². The van der Waals surface area contributed by atoms with Crippen LogP contribution in [-0.2, 0) is 16.1 Å². The lowest BCUT2D eigenvalue weighted by Gasteiger charge is -2.31. The number of halogens is 1. The molecular weight excluding hydrogens is 392 g/mol. The Balaban J connectivity index is 2.12. The van der Waals surface area contributed by atoms with Crippen LogP contribution in [0.1, 0.15) is 32.3 Å². The summed E-state index contributed by atoms with van der Waals surface area (Å²) in [7, 11) is 0. The van der Waals surface area contributed by atoms with Crippen LogP contribution in [0.3, 0.4) is 0 Å². The smallest absolute Gasteiger partial charge is 0.242 e. The maximum Gasteiger partial charge on any atom is 0.242 e. The molecule has 1 N–H and O–H groups in total. The molecule has 0 spiro atoms. The molecule has 150 valence electrons. The highest BCUT2D eigenvalue weighted by Crippen LogP contribution is 2.22. The lowest BCUT2D eigenvalue weighted by atomic mass is 10.1. The van der Waals surface area contributed by atoms with Crippen molar-refractivity contribution < 1.29 is 9.59 Å². The number of amides is 2. The molecular formula is C22H27ClN2O2S. The summed E-state index contributed by atoms with van der Waals surface area (Å²) in [4.78, 5) is 28.4. The number of benzene rings is 2. The zero-order valence-corrected chi connectivity index (χ0v) is 17.9. The SMILES string of the molecule is CCNC(=O)[C@H](CC)N(Cc1ccccc1Cl)C(=O)CCSc1ccccc1. The predicted molar refractivity (Wildman–Crippen MR) is 117 cm³/mol. The molecule has 0 saturated carbocycles. The molecule has 1 atom stereocenters. The third-order valence-corrected chi connectivity index (χ3v) is 5.75. The van der Waals surface area contributed by atoms with Crippen LogP contribution in [0.15, 0.2) is 59.5 Å². The van der Waals surface area contributed by atoms with Gasteiger partial charge in [-0.1, -0.05) is 54.9 Å². The maximum atomic E-state index is 13.0. The molecule has 0 bridgehead atoms. The number of carbonyl (C=O) groups excluding carboxylic acids is 2. The third-order valence-electron chi connectivity index (χ3n) is 4.36. The van der Waals surface area contributed by atoms with Gasteiger partial charge in [0.1, 0.15) is 6.04 Å². The summed E-state index contributed by atoms with van der Waals surface area (Å²) in [5.41, 5.74) is 0.843. The molecule has 0 fully saturated rings. The van der Waals surface area contributed by atoms with Gasteiger partial charge in [0.2, 0.25) is 11.8 Å². The molecule has 0 radical (unpaired) electrons. The van der Waals surface area contributed by atoms with E-state index >= 15 is 0 Å². The van der Waals surface area contributed by atoms with E-state index in [-0.39, 0.29) is 11.8 Å². The van der Waals surface area contributed by atoms with Gasteiger partial charge in [0.15, 0.2) is 0 Å². The maximum absolute atomic E-state index is 13.0. The fraction of sp³-hybridized carbons (Fsp3) is 0.364. The molecule has 0 aromatic heterocycles. The molecule has 0 saturated heterocycles. The first-order valence-electron chi connectivity index (χ1n) is 9.55. The quantitative estimate of drug-likeness (QED) is 0.565. The minimum Gasteiger partial charge on any atom is -0.355 e. The van der Waals surface area contributed by atoms with Crippen molar-refractivity contribution in [2.45, 2.75) is 44.2 Å². The number of nitrogens with zero attached hydrogens (tertiary/aromatic N) is 1. The van der Waals surface area contributed by atoms with Crippen molar-refractivity contribution in [3.8, 4) is 0 Å². The highest BCUT2D eigenvalue weighted by Gasteiger charge is 2.28. The molecule has 0 aliphatic rings. The van der Waals surface area contributed by atoms with Crippen LogP contribution < -0.4 is 5.32 Å². The fourth-order valence-corrected chi connectivity index (χ4v) is 4.00. The molecule has 4 nitrogen and oxygen atoms in total. The van der Waals surface area contributed by atoms with E-state index in [0.717, 1.165) is 10.5 Å². The van der Waals surface area contributed by atoms with Crippen LogP contribution in [0, 0.1) is 0 Å². The summed E-state index contributed by atoms with van der Waals surface area (Å²) >= 11 is 7.94. The second kappa shape index (κ2) is 11.8. The van der Waals surface area contributed by atoms with E-state index in [2.05, 4.69) is 5.32 Å². The lowest BCUT2D eigenvalue weighted by Crippen LogP contribution is -2.49. The fourth-order valence-electron chi connectivity index (χ4n) is 2.94. The average molecular weight is 419 g/mol. The molecule has 0 unspecified atom stereocenters. The number of rotatable bonds is 10. The van der Waals surface area contributed by atoms with Crippen LogP contribution in [0.5, 0.6) is 0 Å². The van der Waals surface area contributed by atoms with E-state index in [1.165, 1.54) is 0 Å². The first-order valence-corrected chi connectivity index (χ1v) is 10.9. The lowest BCUT2D eigenvalue weighted by molar-refractivity contribution is -0.141. The van der Waals surface area contributed by atoms with Crippen molar-refractivity contribution in [1.82, 2.24) is 10.2 Å². The molecule has 6 heteroatoms. The second-order valence-electron chi connectivity index (χ2n) is 6.34. The topological polar surface area (TPSA) is 49.4 Å². The number of nitrogens with one attached hydrogen (secondary N) is 1. The van der Waals surface area contributed by atoms with E-state index in [0.29, 0.717) is 36.7 Å². The highest BCUT2D eigenvalue weighted by molar-refractivity contribution is 7.99. The van der Waals surface area contributed by atoms with Crippen molar-refractivity contribution in [2.24, 2.45) is 0 Å². The van der Waals surface area contributed by atoms with E-state index in [1.54, 1.807) is 22.7 Å². The van der Waals surface area contributed by atoms with Crippen molar-refractivity contribution in [3.05, 3.63) is 65.2 Å². The van der Waals surface area contributed by atoms with Crippen molar-refractivity contribution in [2.75, 3.05) is 12.3 Å². The molecule has 0 heterocycles. The molecule has 0 aliphatic heterocycles. The van der Waals surface area contributed by atoms with E-state index in [4.69, 9.17) is 11.6 Å². The summed E-state index contributed by atoms with van der Waals surface area (Å²) in [6, 6.07) is 16.9. The normalized spacial score (nSPS) is 11.7. The molecule has 2 amide bonds. The van der Waals surface area contributed by atoms with Gasteiger partial charge in [-0.15, -0.1) is 11.8 Å². The Hall–Kier alpha value is -1.98. The third kappa shape index (κ3) is 6.57. The van der Waals surface area contributed by atoms with Crippen LogP contribution in [0.2, 0.25) is 5.02 Å². The molecule has 0 aliphatic carbocycles. The summed E-state index contributed by atoms with van der Waals surface area (Å²) in [5, 5.41) is 3.44. The van der Waals surface area contributed by atoms with E-state index < -0.39 is 6.04 Å². The van der Waals surface area contributed by atoms with Gasteiger partial charge in [-0.2, -0.15) is 0 Å². The Bertz CT molecular complexity index is 770. The van der Waals surface area contributed by atoms with Crippen LogP contribution in [-0.4, -0.2) is 35.1 Å². The van der Waals surface area contributed by atoms with Crippen LogP contribution >= 0.6 is 23.4 Å². The van der Waals surface area contributed by atoms with Crippen molar-refractivity contribution >= 4 is 35.2 Å². The van der Waals surface area contributed by atoms with Gasteiger partial charge in [-0.3, -0.25) is 9.59 Å². The monoisotopic (exact) mass is 418 g/mol. The summed E-state index contributed by atoms with van der Waals surface area (Å²) in [6.07, 6.45) is 0.910. The van der Waals surface area contributed by atoms with Crippen molar-refractivity contribution in [1.29, 1.82) is 0 Å². The minimum absolute atomic E-state index is 0.0403. The number of thioether (sulfide) groups is 1. The number of carbonyl (C=O) groups is 2. The first-order chi connectivity index (χ1) is 13.6. The number of likely N-dealkylation sites (N-methyl/N-ethyl adjacent to an activating group) is 1. The van der Waals surface area contributed by atoms with Gasteiger partial charge in [0, 0.05) is 35.2 Å². The molecule has 28 heavy (non-hydrogen) atoms. The molecule has 2 aromatic carbocycles. The van der Waals surface area contributed by atoms with Gasteiger partial charge in [0.25, 0.3) is 0 Å². The number of hydrogen-bond donors (Lipinski definition) is 1. The van der Waals surface area contributed by atoms with Gasteiger partial charge in [-0.05, 0) is 37.1 Å². The standard InChI is InChI=1S/C22H27ClN2O2S/c1-3-20(22(27)24-4-2)25(16-17-10-8-9-13-19(17)23)21(26)14-15-28-18-11-6-5-7-12-18/h5-13,20H,3-4,14-16H2,1-2H3,(H,24,27)/t20-/m0/s1. The Morgan fingerprint density at radius 1 is 1.07 bits per heavy atom. The highest BCUT2D eigenvalue weighted by atomic mass is 35.5. The largest absolute Gasteiger partial charge is 0.355 e. The zero-order chi connectivity index (χ0) is 20.4. The summed E-state index contributed by atoms with van der Waals surface area (Å²) in [6.45, 7) is 4.66. The number of hydrogen-bond acceptors (Lipinski definition) is 3. The Kier molecular flexibility index (Phi) is 9.38. The second-order valence-corrected chi connectivity index (χ2v) is 7.92. The Labute approximate surface area is 176 Å². The average Bonchev–Trinajstić information content (AvgIpc) is 2.70.